The van der Waals surface area contributed by atoms with Crippen molar-refractivity contribution in [2.75, 3.05) is 19.6 Å². The summed E-state index contributed by atoms with van der Waals surface area (Å²) in [6, 6.07) is 2.16. The lowest BCUT2D eigenvalue weighted by atomic mass is 9.79. The number of hydrogen-bond donors (Lipinski definition) is 1. The molecule has 1 aromatic heterocycles. The van der Waals surface area contributed by atoms with Gasteiger partial charge in [-0.3, -0.25) is 14.7 Å². The molecule has 2 aliphatic rings. The highest BCUT2D eigenvalue weighted by Crippen LogP contribution is 2.35. The summed E-state index contributed by atoms with van der Waals surface area (Å²) in [6.45, 7) is 2.59. The zero-order chi connectivity index (χ0) is 18.6. The highest BCUT2D eigenvalue weighted by Gasteiger charge is 2.39. The number of pyridine rings is 1. The number of nitrogens with zero attached hydrogens (tertiary/aromatic N) is 2. The molecule has 0 spiro atoms. The Morgan fingerprint density at radius 2 is 1.77 bits per heavy atom. The second-order valence-corrected chi connectivity index (χ2v) is 7.44. The third-order valence-corrected chi connectivity index (χ3v) is 5.70. The normalized spacial score (nSPS) is 21.3. The van der Waals surface area contributed by atoms with Crippen LogP contribution in [0.3, 0.4) is 0 Å². The fraction of sp³-hybridized carbons (Fsp3) is 0.684. The van der Waals surface area contributed by atoms with E-state index in [2.05, 4.69) is 15.2 Å². The third-order valence-electron chi connectivity index (χ3n) is 5.70. The molecule has 1 saturated carbocycles. The molecule has 4 nitrogen and oxygen atoms in total. The van der Waals surface area contributed by atoms with Crippen LogP contribution in [-0.2, 0) is 6.18 Å². The van der Waals surface area contributed by atoms with Crippen molar-refractivity contribution in [3.63, 3.8) is 0 Å². The van der Waals surface area contributed by atoms with Crippen LogP contribution in [0.1, 0.15) is 67.4 Å². The topological polar surface area (TPSA) is 45.2 Å². The number of nitrogens with one attached hydrogen (secondary N) is 1. The summed E-state index contributed by atoms with van der Waals surface area (Å²) < 4.78 is 38.4. The molecule has 1 N–H and O–H groups in total. The van der Waals surface area contributed by atoms with E-state index in [-0.39, 0.29) is 11.1 Å². The Morgan fingerprint density at radius 3 is 2.42 bits per heavy atom. The number of aromatic nitrogens is 1. The summed E-state index contributed by atoms with van der Waals surface area (Å²) >= 11 is 0. The van der Waals surface area contributed by atoms with Gasteiger partial charge < -0.3 is 5.32 Å². The Morgan fingerprint density at radius 1 is 1.12 bits per heavy atom. The molecule has 1 saturated heterocycles. The SMILES string of the molecule is O=C(NCC1(N2CCCCC2)CCCCC1)c1ccnc(C(F)(F)F)c1. The number of carbonyl (C=O) groups excluding carboxylic acids is 1. The summed E-state index contributed by atoms with van der Waals surface area (Å²) in [6.07, 6.45) is 5.66. The molecular weight excluding hydrogens is 343 g/mol. The molecule has 2 heterocycles. The van der Waals surface area contributed by atoms with E-state index in [1.54, 1.807) is 0 Å². The van der Waals surface area contributed by atoms with Gasteiger partial charge in [-0.15, -0.1) is 0 Å². The second kappa shape index (κ2) is 7.94. The van der Waals surface area contributed by atoms with E-state index in [1.807, 2.05) is 0 Å². The summed E-state index contributed by atoms with van der Waals surface area (Å²) in [7, 11) is 0. The number of likely N-dealkylation sites (tertiary alicyclic amines) is 1. The predicted molar refractivity (Wildman–Crippen MR) is 92.8 cm³/mol. The minimum atomic E-state index is -4.55. The molecule has 1 amide bonds. The Balaban J connectivity index is 1.69. The van der Waals surface area contributed by atoms with Crippen molar-refractivity contribution < 1.29 is 18.0 Å². The molecule has 144 valence electrons. The largest absolute Gasteiger partial charge is 0.433 e. The molecule has 0 unspecified atom stereocenters. The van der Waals surface area contributed by atoms with Gasteiger partial charge in [0.15, 0.2) is 0 Å². The van der Waals surface area contributed by atoms with Crippen LogP contribution < -0.4 is 5.32 Å². The molecule has 26 heavy (non-hydrogen) atoms. The molecule has 0 radical (unpaired) electrons. The summed E-state index contributed by atoms with van der Waals surface area (Å²) in [4.78, 5) is 18.3. The summed E-state index contributed by atoms with van der Waals surface area (Å²) in [5.41, 5.74) is -1.07. The fourth-order valence-electron chi connectivity index (χ4n) is 4.26. The molecule has 0 atom stereocenters. The van der Waals surface area contributed by atoms with E-state index in [4.69, 9.17) is 0 Å². The van der Waals surface area contributed by atoms with Crippen molar-refractivity contribution in [2.24, 2.45) is 0 Å². The highest BCUT2D eigenvalue weighted by atomic mass is 19.4. The average Bonchev–Trinajstić information content (AvgIpc) is 2.67. The standard InChI is InChI=1S/C19H26F3N3O/c20-19(21,22)16-13-15(7-10-23-16)17(26)24-14-18(8-3-1-4-9-18)25-11-5-2-6-12-25/h7,10,13H,1-6,8-9,11-12,14H2,(H,24,26). The minimum Gasteiger partial charge on any atom is -0.350 e. The number of alkyl halides is 3. The van der Waals surface area contributed by atoms with Gasteiger partial charge in [-0.05, 0) is 50.9 Å². The van der Waals surface area contributed by atoms with E-state index in [1.165, 1.54) is 31.7 Å². The molecular formula is C19H26F3N3O. The van der Waals surface area contributed by atoms with Crippen LogP contribution in [-0.4, -0.2) is 41.0 Å². The first-order valence-corrected chi connectivity index (χ1v) is 9.47. The van der Waals surface area contributed by atoms with Crippen molar-refractivity contribution in [3.8, 4) is 0 Å². The van der Waals surface area contributed by atoms with Gasteiger partial charge in [0, 0.05) is 23.8 Å². The fourth-order valence-corrected chi connectivity index (χ4v) is 4.26. The zero-order valence-electron chi connectivity index (χ0n) is 14.9. The van der Waals surface area contributed by atoms with Crippen LogP contribution in [0.4, 0.5) is 13.2 Å². The van der Waals surface area contributed by atoms with E-state index < -0.39 is 17.8 Å². The van der Waals surface area contributed by atoms with Crippen molar-refractivity contribution in [2.45, 2.75) is 63.1 Å². The lowest BCUT2D eigenvalue weighted by Gasteiger charge is -2.48. The molecule has 3 rings (SSSR count). The summed E-state index contributed by atoms with van der Waals surface area (Å²) in [5, 5.41) is 2.91. The van der Waals surface area contributed by atoms with Crippen molar-refractivity contribution >= 4 is 5.91 Å². The van der Waals surface area contributed by atoms with Gasteiger partial charge in [0.25, 0.3) is 5.91 Å². The number of halogens is 3. The Hall–Kier alpha value is -1.63. The van der Waals surface area contributed by atoms with Gasteiger partial charge in [0.1, 0.15) is 5.69 Å². The zero-order valence-corrected chi connectivity index (χ0v) is 14.9. The average molecular weight is 369 g/mol. The lowest BCUT2D eigenvalue weighted by Crippen LogP contribution is -2.58. The number of amides is 1. The van der Waals surface area contributed by atoms with Gasteiger partial charge in [0.05, 0.1) is 0 Å². The Bertz CT molecular complexity index is 621. The van der Waals surface area contributed by atoms with Crippen LogP contribution in [0, 0.1) is 0 Å². The van der Waals surface area contributed by atoms with Crippen LogP contribution >= 0.6 is 0 Å². The smallest absolute Gasteiger partial charge is 0.350 e. The van der Waals surface area contributed by atoms with E-state index in [0.29, 0.717) is 6.54 Å². The summed E-state index contributed by atoms with van der Waals surface area (Å²) in [5.74, 6) is -0.458. The van der Waals surface area contributed by atoms with Crippen molar-refractivity contribution in [1.29, 1.82) is 0 Å². The Labute approximate surface area is 152 Å². The minimum absolute atomic E-state index is 0.0110. The van der Waals surface area contributed by atoms with Crippen LogP contribution in [0.5, 0.6) is 0 Å². The molecule has 0 aromatic carbocycles. The van der Waals surface area contributed by atoms with Crippen LogP contribution in [0.15, 0.2) is 18.3 Å². The molecule has 1 aliphatic carbocycles. The molecule has 1 aliphatic heterocycles. The maximum absolute atomic E-state index is 12.8. The second-order valence-electron chi connectivity index (χ2n) is 7.44. The van der Waals surface area contributed by atoms with E-state index >= 15 is 0 Å². The highest BCUT2D eigenvalue weighted by molar-refractivity contribution is 5.94. The molecule has 2 fully saturated rings. The first-order valence-electron chi connectivity index (χ1n) is 9.47. The van der Waals surface area contributed by atoms with Gasteiger partial charge >= 0.3 is 6.18 Å². The van der Waals surface area contributed by atoms with Gasteiger partial charge in [0.2, 0.25) is 0 Å². The third kappa shape index (κ3) is 4.37. The van der Waals surface area contributed by atoms with Crippen LogP contribution in [0.2, 0.25) is 0 Å². The lowest BCUT2D eigenvalue weighted by molar-refractivity contribution is -0.141. The molecule has 1 aromatic rings. The van der Waals surface area contributed by atoms with E-state index in [0.717, 1.165) is 51.0 Å². The van der Waals surface area contributed by atoms with Crippen LogP contribution in [0.25, 0.3) is 0 Å². The number of hydrogen-bond acceptors (Lipinski definition) is 3. The maximum atomic E-state index is 12.8. The van der Waals surface area contributed by atoms with Crippen molar-refractivity contribution in [3.05, 3.63) is 29.6 Å². The number of rotatable bonds is 4. The first-order chi connectivity index (χ1) is 12.4. The Kier molecular flexibility index (Phi) is 5.85. The molecule has 7 heteroatoms. The predicted octanol–water partition coefficient (Wildman–Crippen LogP) is 4.02. The quantitative estimate of drug-likeness (QED) is 0.872. The number of piperidine rings is 1. The van der Waals surface area contributed by atoms with Crippen molar-refractivity contribution in [1.82, 2.24) is 15.2 Å². The number of carbonyl (C=O) groups is 1. The van der Waals surface area contributed by atoms with Gasteiger partial charge in [-0.2, -0.15) is 13.2 Å². The van der Waals surface area contributed by atoms with Gasteiger partial charge in [-0.25, -0.2) is 0 Å². The van der Waals surface area contributed by atoms with E-state index in [9.17, 15) is 18.0 Å². The monoisotopic (exact) mass is 369 g/mol. The first kappa shape index (κ1) is 19.1. The van der Waals surface area contributed by atoms with Gasteiger partial charge in [-0.1, -0.05) is 25.7 Å². The maximum Gasteiger partial charge on any atom is 0.433 e. The molecule has 0 bridgehead atoms.